The van der Waals surface area contributed by atoms with Crippen molar-refractivity contribution < 1.29 is 40.6 Å². The van der Waals surface area contributed by atoms with Crippen LogP contribution in [-0.4, -0.2) is 92.5 Å². The van der Waals surface area contributed by atoms with Gasteiger partial charge in [0, 0.05) is 30.6 Å². The minimum absolute atomic E-state index is 0.0386. The van der Waals surface area contributed by atoms with Gasteiger partial charge < -0.3 is 19.5 Å². The van der Waals surface area contributed by atoms with Crippen LogP contribution in [0.15, 0.2) is 42.5 Å². The Balaban J connectivity index is 1.70. The third kappa shape index (κ3) is 8.66. The number of nitrogens with one attached hydrogen (secondary N) is 3. The molecule has 1 fully saturated rings. The first-order valence-corrected chi connectivity index (χ1v) is 18.3. The van der Waals surface area contributed by atoms with Crippen LogP contribution in [0.25, 0.3) is 10.8 Å². The summed E-state index contributed by atoms with van der Waals surface area (Å²) in [6.45, 7) is 9.51. The number of fused-ring (bicyclic) bond motifs is 1. The lowest BCUT2D eigenvalue weighted by atomic mass is 9.84. The Hall–Kier alpha value is -3.92. The average molecular weight is 677 g/mol. The molecule has 0 unspecified atom stereocenters. The second-order valence-electron chi connectivity index (χ2n) is 12.0. The molecule has 0 aromatic heterocycles. The summed E-state index contributed by atoms with van der Waals surface area (Å²) in [5.41, 5.74) is -0.648. The highest BCUT2D eigenvalue weighted by atomic mass is 32.2. The topological polar surface area (TPSA) is 169 Å². The zero-order valence-corrected chi connectivity index (χ0v) is 28.4. The number of rotatable bonds is 12. The van der Waals surface area contributed by atoms with Crippen LogP contribution in [0.3, 0.4) is 0 Å². The molecule has 250 valence electrons. The van der Waals surface area contributed by atoms with Crippen molar-refractivity contribution in [2.45, 2.75) is 26.2 Å². The molecule has 0 radical (unpaired) electrons. The van der Waals surface area contributed by atoms with E-state index in [1.807, 2.05) is 12.1 Å². The first-order valence-electron chi connectivity index (χ1n) is 14.5. The Morgan fingerprint density at radius 2 is 1.52 bits per heavy atom. The fourth-order valence-electron chi connectivity index (χ4n) is 5.14. The lowest BCUT2D eigenvalue weighted by Crippen LogP contribution is -2.38. The van der Waals surface area contributed by atoms with Gasteiger partial charge in [-0.05, 0) is 34.6 Å². The number of anilines is 3. The fraction of sp³-hybridized carbons (Fsp3) is 0.419. The largest absolute Gasteiger partial charge is 0.492 e. The fourth-order valence-corrected chi connectivity index (χ4v) is 6.29. The minimum Gasteiger partial charge on any atom is -0.492 e. The highest BCUT2D eigenvalue weighted by molar-refractivity contribution is 7.92. The molecular weight excluding hydrogens is 636 g/mol. The van der Waals surface area contributed by atoms with E-state index in [9.17, 15) is 26.4 Å². The number of carbonyl (C=O) groups is 2. The first-order chi connectivity index (χ1) is 21.5. The standard InChI is InChI=1S/C31H40N4O9S2/c1-31(2,3)23-19-24(29(42-4)27(34-46(6,40)41)26(23)33-45(5,38)39)32-30(37)28(36)22-11-12-25(21-10-8-7-9-20(21)22)44-18-15-35-13-16-43-17-14-35/h7-12,19,33-34H,13-18H2,1-6H3,(H,32,37). The summed E-state index contributed by atoms with van der Waals surface area (Å²) in [5, 5.41) is 3.74. The minimum atomic E-state index is -3.96. The van der Waals surface area contributed by atoms with E-state index in [0.29, 0.717) is 48.5 Å². The van der Waals surface area contributed by atoms with Gasteiger partial charge in [0.15, 0.2) is 5.75 Å². The van der Waals surface area contributed by atoms with Crippen molar-refractivity contribution >= 4 is 59.6 Å². The van der Waals surface area contributed by atoms with Gasteiger partial charge in [-0.25, -0.2) is 16.8 Å². The number of hydrogen-bond acceptors (Lipinski definition) is 10. The van der Waals surface area contributed by atoms with Gasteiger partial charge in [-0.15, -0.1) is 0 Å². The van der Waals surface area contributed by atoms with E-state index >= 15 is 0 Å². The molecule has 1 aliphatic heterocycles. The molecule has 1 amide bonds. The summed E-state index contributed by atoms with van der Waals surface area (Å²) in [6, 6.07) is 11.7. The predicted octanol–water partition coefficient (Wildman–Crippen LogP) is 3.42. The Bertz CT molecular complexity index is 1850. The lowest BCUT2D eigenvalue weighted by molar-refractivity contribution is -0.112. The van der Waals surface area contributed by atoms with E-state index in [2.05, 4.69) is 19.7 Å². The number of methoxy groups -OCH3 is 1. The summed E-state index contributed by atoms with van der Waals surface area (Å²) in [5.74, 6) is -1.49. The van der Waals surface area contributed by atoms with Crippen LogP contribution in [0.4, 0.5) is 17.1 Å². The molecule has 0 atom stereocenters. The molecule has 3 N–H and O–H groups in total. The molecule has 13 nitrogen and oxygen atoms in total. The lowest BCUT2D eigenvalue weighted by Gasteiger charge is -2.28. The monoisotopic (exact) mass is 676 g/mol. The van der Waals surface area contributed by atoms with Crippen LogP contribution < -0.4 is 24.2 Å². The Labute approximate surface area is 269 Å². The van der Waals surface area contributed by atoms with Crippen molar-refractivity contribution in [3.8, 4) is 11.5 Å². The second kappa shape index (κ2) is 13.8. The number of hydrogen-bond donors (Lipinski definition) is 3. The van der Waals surface area contributed by atoms with Crippen molar-refractivity contribution in [1.82, 2.24) is 4.90 Å². The number of nitrogens with zero attached hydrogens (tertiary/aromatic N) is 1. The molecule has 0 spiro atoms. The molecule has 3 aromatic rings. The van der Waals surface area contributed by atoms with Crippen molar-refractivity contribution in [2.24, 2.45) is 0 Å². The van der Waals surface area contributed by atoms with E-state index in [0.717, 1.165) is 25.6 Å². The summed E-state index contributed by atoms with van der Waals surface area (Å²) >= 11 is 0. The maximum atomic E-state index is 13.6. The van der Waals surface area contributed by atoms with Gasteiger partial charge in [-0.1, -0.05) is 45.0 Å². The van der Waals surface area contributed by atoms with Crippen LogP contribution in [0.5, 0.6) is 11.5 Å². The molecule has 0 bridgehead atoms. The van der Waals surface area contributed by atoms with Gasteiger partial charge in [0.1, 0.15) is 18.0 Å². The van der Waals surface area contributed by atoms with Crippen LogP contribution in [0.2, 0.25) is 0 Å². The average Bonchev–Trinajstić information content (AvgIpc) is 2.96. The molecule has 1 heterocycles. The first kappa shape index (κ1) is 34.9. The summed E-state index contributed by atoms with van der Waals surface area (Å²) in [7, 11) is -6.62. The van der Waals surface area contributed by atoms with Crippen molar-refractivity contribution in [1.29, 1.82) is 0 Å². The maximum Gasteiger partial charge on any atom is 0.296 e. The third-order valence-electron chi connectivity index (χ3n) is 7.22. The second-order valence-corrected chi connectivity index (χ2v) is 15.5. The molecule has 46 heavy (non-hydrogen) atoms. The predicted molar refractivity (Wildman–Crippen MR) is 178 cm³/mol. The highest BCUT2D eigenvalue weighted by Gasteiger charge is 2.30. The number of morpholine rings is 1. The number of carbonyl (C=O) groups excluding carboxylic acids is 2. The summed E-state index contributed by atoms with van der Waals surface area (Å²) in [4.78, 5) is 29.4. The molecule has 0 aliphatic carbocycles. The van der Waals surface area contributed by atoms with Gasteiger partial charge in [-0.3, -0.25) is 23.9 Å². The third-order valence-corrected chi connectivity index (χ3v) is 8.37. The Kier molecular flexibility index (Phi) is 10.5. The molecule has 3 aromatic carbocycles. The smallest absolute Gasteiger partial charge is 0.296 e. The van der Waals surface area contributed by atoms with Crippen molar-refractivity contribution in [3.05, 3.63) is 53.6 Å². The van der Waals surface area contributed by atoms with Crippen LogP contribution in [-0.2, 0) is 35.0 Å². The van der Waals surface area contributed by atoms with Gasteiger partial charge in [0.2, 0.25) is 20.0 Å². The van der Waals surface area contributed by atoms with Gasteiger partial charge in [0.05, 0.1) is 44.2 Å². The quantitative estimate of drug-likeness (QED) is 0.191. The zero-order valence-electron chi connectivity index (χ0n) is 26.7. The van der Waals surface area contributed by atoms with E-state index < -0.39 is 37.2 Å². The van der Waals surface area contributed by atoms with E-state index in [1.165, 1.54) is 19.2 Å². The molecule has 4 rings (SSSR count). The highest BCUT2D eigenvalue weighted by Crippen LogP contribution is 2.47. The number of Topliss-reactive ketones (excluding diaryl/α,β-unsaturated/α-hetero) is 1. The number of ketones is 1. The number of sulfonamides is 2. The van der Waals surface area contributed by atoms with Gasteiger partial charge in [0.25, 0.3) is 11.7 Å². The van der Waals surface area contributed by atoms with Gasteiger partial charge in [-0.2, -0.15) is 0 Å². The summed E-state index contributed by atoms with van der Waals surface area (Å²) in [6.07, 6.45) is 1.82. The van der Waals surface area contributed by atoms with E-state index in [-0.39, 0.29) is 28.4 Å². The van der Waals surface area contributed by atoms with Crippen LogP contribution in [0.1, 0.15) is 36.7 Å². The zero-order chi connectivity index (χ0) is 33.9. The normalized spacial score (nSPS) is 14.5. The molecular formula is C31H40N4O9S2. The van der Waals surface area contributed by atoms with E-state index in [1.54, 1.807) is 39.0 Å². The van der Waals surface area contributed by atoms with E-state index in [4.69, 9.17) is 14.2 Å². The Morgan fingerprint density at radius 3 is 2.11 bits per heavy atom. The molecule has 15 heteroatoms. The number of amides is 1. The van der Waals surface area contributed by atoms with Crippen molar-refractivity contribution in [3.63, 3.8) is 0 Å². The number of ether oxygens (including phenoxy) is 3. The Morgan fingerprint density at radius 1 is 0.913 bits per heavy atom. The molecule has 1 saturated heterocycles. The SMILES string of the molecule is COc1c(NC(=O)C(=O)c2ccc(OCCN3CCOCC3)c3ccccc23)cc(C(C)(C)C)c(NS(C)(=O)=O)c1NS(C)(=O)=O. The van der Waals surface area contributed by atoms with Crippen LogP contribution in [0, 0.1) is 0 Å². The van der Waals surface area contributed by atoms with Crippen molar-refractivity contribution in [2.75, 3.05) is 73.8 Å². The van der Waals surface area contributed by atoms with Crippen LogP contribution >= 0.6 is 0 Å². The number of benzene rings is 3. The summed E-state index contributed by atoms with van der Waals surface area (Å²) < 4.78 is 71.0. The molecule has 1 aliphatic rings. The maximum absolute atomic E-state index is 13.6. The molecule has 0 saturated carbocycles. The van der Waals surface area contributed by atoms with Gasteiger partial charge >= 0.3 is 0 Å².